The second-order valence-corrected chi connectivity index (χ2v) is 4.34. The van der Waals surface area contributed by atoms with E-state index < -0.39 is 0 Å². The van der Waals surface area contributed by atoms with Crippen LogP contribution in [0.3, 0.4) is 0 Å². The number of rotatable bonds is 6. The van der Waals surface area contributed by atoms with Crippen LogP contribution in [0.5, 0.6) is 0 Å². The molecule has 0 saturated heterocycles. The van der Waals surface area contributed by atoms with Crippen molar-refractivity contribution in [3.05, 3.63) is 0 Å². The molecular weight excluding hydrogens is 208 g/mol. The number of carbonyl (C=O) groups excluding carboxylic acids is 2. The van der Waals surface area contributed by atoms with Gasteiger partial charge in [0.2, 0.25) is 5.91 Å². The van der Waals surface area contributed by atoms with Gasteiger partial charge >= 0.3 is 5.97 Å². The third-order valence-corrected chi connectivity index (χ3v) is 2.05. The van der Waals surface area contributed by atoms with Gasteiger partial charge in [-0.2, -0.15) is 0 Å². The molecule has 1 atom stereocenters. The van der Waals surface area contributed by atoms with Crippen LogP contribution in [0, 0.1) is 5.92 Å². The summed E-state index contributed by atoms with van der Waals surface area (Å²) in [6.45, 7) is 6.41. The van der Waals surface area contributed by atoms with Crippen molar-refractivity contribution in [3.63, 3.8) is 0 Å². The molecule has 5 heteroatoms. The molecule has 0 aliphatic rings. The third kappa shape index (κ3) is 6.40. The van der Waals surface area contributed by atoms with E-state index in [2.05, 4.69) is 10.1 Å². The average Bonchev–Trinajstić information content (AvgIpc) is 2.14. The molecule has 0 aromatic rings. The van der Waals surface area contributed by atoms with Crippen LogP contribution >= 0.6 is 0 Å². The number of nitrogens with zero attached hydrogens (tertiary/aromatic N) is 1. The number of likely N-dealkylation sites (N-methyl/N-ethyl adjacent to an activating group) is 1. The van der Waals surface area contributed by atoms with E-state index in [0.29, 0.717) is 13.1 Å². The van der Waals surface area contributed by atoms with Crippen molar-refractivity contribution >= 4 is 11.9 Å². The topological polar surface area (TPSA) is 58.6 Å². The number of carbonyl (C=O) groups is 2. The van der Waals surface area contributed by atoms with E-state index in [-0.39, 0.29) is 23.8 Å². The average molecular weight is 230 g/mol. The number of esters is 1. The molecule has 0 aromatic carbocycles. The first kappa shape index (κ1) is 14.9. The van der Waals surface area contributed by atoms with Gasteiger partial charge in [0.1, 0.15) is 0 Å². The van der Waals surface area contributed by atoms with Crippen LogP contribution in [-0.4, -0.2) is 50.1 Å². The smallest absolute Gasteiger partial charge is 0.309 e. The Kier molecular flexibility index (Phi) is 6.72. The maximum atomic E-state index is 11.4. The van der Waals surface area contributed by atoms with Gasteiger partial charge in [0.05, 0.1) is 19.6 Å². The maximum absolute atomic E-state index is 11.4. The van der Waals surface area contributed by atoms with Gasteiger partial charge in [-0.3, -0.25) is 14.5 Å². The van der Waals surface area contributed by atoms with Crippen LogP contribution in [0.2, 0.25) is 0 Å². The van der Waals surface area contributed by atoms with Gasteiger partial charge in [0.15, 0.2) is 0 Å². The molecule has 16 heavy (non-hydrogen) atoms. The molecule has 0 heterocycles. The van der Waals surface area contributed by atoms with E-state index in [1.54, 1.807) is 18.9 Å². The zero-order valence-corrected chi connectivity index (χ0v) is 10.7. The molecule has 5 nitrogen and oxygen atoms in total. The summed E-state index contributed by atoms with van der Waals surface area (Å²) in [6.07, 6.45) is 0. The minimum atomic E-state index is -0.254. The van der Waals surface area contributed by atoms with Gasteiger partial charge in [0, 0.05) is 12.6 Å². The second-order valence-electron chi connectivity index (χ2n) is 4.34. The summed E-state index contributed by atoms with van der Waals surface area (Å²) in [7, 11) is 3.17. The molecule has 0 fully saturated rings. The Labute approximate surface area is 97.1 Å². The first-order valence-corrected chi connectivity index (χ1v) is 5.42. The van der Waals surface area contributed by atoms with E-state index >= 15 is 0 Å². The van der Waals surface area contributed by atoms with E-state index in [0.717, 1.165) is 0 Å². The van der Waals surface area contributed by atoms with Crippen molar-refractivity contribution in [2.45, 2.75) is 26.8 Å². The highest BCUT2D eigenvalue weighted by molar-refractivity contribution is 5.78. The Morgan fingerprint density at radius 3 is 2.31 bits per heavy atom. The number of hydrogen-bond acceptors (Lipinski definition) is 4. The van der Waals surface area contributed by atoms with Crippen molar-refractivity contribution in [1.29, 1.82) is 0 Å². The molecule has 0 rings (SSSR count). The predicted octanol–water partition coefficient (Wildman–Crippen LogP) is 0.252. The Hall–Kier alpha value is -1.10. The number of nitrogens with one attached hydrogen (secondary N) is 1. The summed E-state index contributed by atoms with van der Waals surface area (Å²) in [6, 6.07) is 0.138. The first-order valence-electron chi connectivity index (χ1n) is 5.42. The Bertz CT molecular complexity index is 241. The fraction of sp³-hybridized carbons (Fsp3) is 0.818. The second kappa shape index (κ2) is 7.22. The standard InChI is InChI=1S/C11H22N2O3/c1-8(2)12-10(14)7-13(4)6-9(3)11(15)16-5/h8-9H,6-7H2,1-5H3,(H,12,14). The molecule has 0 aromatic heterocycles. The summed E-state index contributed by atoms with van der Waals surface area (Å²) in [5.41, 5.74) is 0. The lowest BCUT2D eigenvalue weighted by atomic mass is 10.2. The minimum Gasteiger partial charge on any atom is -0.469 e. The molecule has 0 spiro atoms. The highest BCUT2D eigenvalue weighted by Gasteiger charge is 2.16. The van der Waals surface area contributed by atoms with Crippen LogP contribution in [0.25, 0.3) is 0 Å². The number of hydrogen-bond donors (Lipinski definition) is 1. The number of amides is 1. The van der Waals surface area contributed by atoms with Gasteiger partial charge in [0.25, 0.3) is 0 Å². The molecule has 0 bridgehead atoms. The van der Waals surface area contributed by atoms with Crippen LogP contribution in [-0.2, 0) is 14.3 Å². The lowest BCUT2D eigenvalue weighted by Gasteiger charge is -2.20. The van der Waals surface area contributed by atoms with E-state index in [4.69, 9.17) is 0 Å². The minimum absolute atomic E-state index is 0.0328. The van der Waals surface area contributed by atoms with Crippen molar-refractivity contribution in [1.82, 2.24) is 10.2 Å². The third-order valence-electron chi connectivity index (χ3n) is 2.05. The fourth-order valence-electron chi connectivity index (χ4n) is 1.42. The molecule has 0 aliphatic heterocycles. The summed E-state index contributed by atoms with van der Waals surface area (Å²) in [5.74, 6) is -0.507. The molecule has 1 unspecified atom stereocenters. The predicted molar refractivity (Wildman–Crippen MR) is 62.0 cm³/mol. The van der Waals surface area contributed by atoms with Crippen molar-refractivity contribution in [2.24, 2.45) is 5.92 Å². The van der Waals surface area contributed by atoms with Crippen LogP contribution < -0.4 is 5.32 Å². The maximum Gasteiger partial charge on any atom is 0.309 e. The largest absolute Gasteiger partial charge is 0.469 e. The van der Waals surface area contributed by atoms with Crippen LogP contribution in [0.15, 0.2) is 0 Å². The highest BCUT2D eigenvalue weighted by Crippen LogP contribution is 2.00. The Morgan fingerprint density at radius 2 is 1.88 bits per heavy atom. The van der Waals surface area contributed by atoms with Crippen molar-refractivity contribution in [2.75, 3.05) is 27.2 Å². The van der Waals surface area contributed by atoms with Crippen LogP contribution in [0.4, 0.5) is 0 Å². The van der Waals surface area contributed by atoms with Crippen molar-refractivity contribution in [3.8, 4) is 0 Å². The lowest BCUT2D eigenvalue weighted by Crippen LogP contribution is -2.40. The Morgan fingerprint density at radius 1 is 1.31 bits per heavy atom. The van der Waals surface area contributed by atoms with Gasteiger partial charge in [-0.15, -0.1) is 0 Å². The number of methoxy groups -OCH3 is 1. The summed E-state index contributed by atoms with van der Waals surface area (Å²) < 4.78 is 4.62. The van der Waals surface area contributed by atoms with E-state index in [9.17, 15) is 9.59 Å². The SMILES string of the molecule is COC(=O)C(C)CN(C)CC(=O)NC(C)C. The monoisotopic (exact) mass is 230 g/mol. The molecule has 1 amide bonds. The normalized spacial score (nSPS) is 12.7. The van der Waals surface area contributed by atoms with Gasteiger partial charge in [-0.1, -0.05) is 6.92 Å². The van der Waals surface area contributed by atoms with Gasteiger partial charge in [-0.25, -0.2) is 0 Å². The number of ether oxygens (including phenoxy) is 1. The van der Waals surface area contributed by atoms with Crippen LogP contribution in [0.1, 0.15) is 20.8 Å². The molecule has 0 saturated carbocycles. The van der Waals surface area contributed by atoms with E-state index in [1.165, 1.54) is 7.11 Å². The van der Waals surface area contributed by atoms with E-state index in [1.807, 2.05) is 13.8 Å². The zero-order chi connectivity index (χ0) is 12.7. The first-order chi connectivity index (χ1) is 7.36. The lowest BCUT2D eigenvalue weighted by molar-refractivity contribution is -0.145. The highest BCUT2D eigenvalue weighted by atomic mass is 16.5. The molecule has 0 aliphatic carbocycles. The fourth-order valence-corrected chi connectivity index (χ4v) is 1.42. The van der Waals surface area contributed by atoms with Crippen molar-refractivity contribution < 1.29 is 14.3 Å². The van der Waals surface area contributed by atoms with Gasteiger partial charge in [-0.05, 0) is 20.9 Å². The summed E-state index contributed by atoms with van der Waals surface area (Å²) >= 11 is 0. The molecule has 94 valence electrons. The Balaban J connectivity index is 3.94. The molecule has 1 N–H and O–H groups in total. The summed E-state index contributed by atoms with van der Waals surface area (Å²) in [5, 5.41) is 2.79. The quantitative estimate of drug-likeness (QED) is 0.665. The zero-order valence-electron chi connectivity index (χ0n) is 10.7. The molecule has 0 radical (unpaired) electrons. The summed E-state index contributed by atoms with van der Waals surface area (Å²) in [4.78, 5) is 24.4. The molecular formula is C11H22N2O3. The van der Waals surface area contributed by atoms with Gasteiger partial charge < -0.3 is 10.1 Å².